The number of rotatable bonds is 2. The van der Waals surface area contributed by atoms with Crippen LogP contribution in [0.2, 0.25) is 0 Å². The topological polar surface area (TPSA) is 119 Å². The third kappa shape index (κ3) is 2.57. The fraction of sp³-hybridized carbons (Fsp3) is 0.500. The number of hydrogen-bond donors (Lipinski definition) is 3. The summed E-state index contributed by atoms with van der Waals surface area (Å²) in [5.41, 5.74) is 6.35. The van der Waals surface area contributed by atoms with Crippen molar-refractivity contribution in [1.29, 1.82) is 0 Å². The van der Waals surface area contributed by atoms with Crippen molar-refractivity contribution >= 4 is 28.7 Å². The molecule has 8 nitrogen and oxygen atoms in total. The average molecular weight is 356 g/mol. The number of aliphatic hydroxyl groups is 2. The first kappa shape index (κ1) is 16.9. The molecule has 2 aromatic rings. The Labute approximate surface area is 141 Å². The highest BCUT2D eigenvalue weighted by molar-refractivity contribution is 6.27. The Morgan fingerprint density at radius 1 is 1.58 bits per heavy atom. The minimum Gasteiger partial charge on any atom is -0.391 e. The number of halogens is 2. The summed E-state index contributed by atoms with van der Waals surface area (Å²) in [6, 6.07) is 0. The summed E-state index contributed by atoms with van der Waals surface area (Å²) in [5, 5.41) is 20.3. The first-order chi connectivity index (χ1) is 11.4. The van der Waals surface area contributed by atoms with Gasteiger partial charge in [0, 0.05) is 0 Å². The Morgan fingerprint density at radius 3 is 3.00 bits per heavy atom. The van der Waals surface area contributed by atoms with E-state index in [2.05, 4.69) is 26.8 Å². The second kappa shape index (κ2) is 6.14. The summed E-state index contributed by atoms with van der Waals surface area (Å²) in [5.74, 6) is 4.72. The van der Waals surface area contributed by atoms with E-state index in [1.807, 2.05) is 0 Å². The molecule has 1 unspecified atom stereocenters. The lowest BCUT2D eigenvalue weighted by Gasteiger charge is -2.25. The zero-order valence-corrected chi connectivity index (χ0v) is 13.4. The van der Waals surface area contributed by atoms with E-state index in [-0.39, 0.29) is 5.95 Å². The number of aliphatic hydroxyl groups excluding tert-OH is 2. The lowest BCUT2D eigenvalue weighted by molar-refractivity contribution is -0.0752. The van der Waals surface area contributed by atoms with Crippen LogP contribution in [0.4, 0.5) is 10.3 Å². The Kier molecular flexibility index (Phi) is 4.31. The molecule has 0 saturated carbocycles. The summed E-state index contributed by atoms with van der Waals surface area (Å²) < 4.78 is 19.6. The number of nitrogen functional groups attached to an aromatic ring is 1. The van der Waals surface area contributed by atoms with E-state index in [0.29, 0.717) is 11.2 Å². The van der Waals surface area contributed by atoms with Gasteiger partial charge < -0.3 is 20.7 Å². The predicted octanol–water partition coefficient (Wildman–Crippen LogP) is -0.00190. The molecule has 1 aliphatic heterocycles. The Hall–Kier alpha value is -1.99. The van der Waals surface area contributed by atoms with Crippen LogP contribution in [-0.4, -0.2) is 59.6 Å². The van der Waals surface area contributed by atoms with Crippen LogP contribution in [0, 0.1) is 11.8 Å². The molecule has 128 valence electrons. The standard InChI is InChI=1S/C14H15ClFN5O3/c1-7(22)9-10(23)14(15,3-2-4-16)12(24-9)21-6-19-8-5-18-13(17)20-11(8)21/h5-7,9-10,12,22-23H,4H2,1H3,(H2,17,18,20)/t7-,9+,10-,12+,14?/m0/s1. The molecular weight excluding hydrogens is 341 g/mol. The quantitative estimate of drug-likeness (QED) is 0.512. The molecular formula is C14H15ClFN5O3. The van der Waals surface area contributed by atoms with Crippen molar-refractivity contribution in [2.75, 3.05) is 12.4 Å². The molecule has 0 amide bonds. The highest BCUT2D eigenvalue weighted by Crippen LogP contribution is 2.45. The molecule has 1 aliphatic rings. The second-order valence-electron chi connectivity index (χ2n) is 5.43. The Bertz CT molecular complexity index is 820. The number of fused-ring (bicyclic) bond motifs is 1. The number of aromatic nitrogens is 4. The Morgan fingerprint density at radius 2 is 2.33 bits per heavy atom. The number of imidazole rings is 1. The molecule has 0 spiro atoms. The van der Waals surface area contributed by atoms with Crippen molar-refractivity contribution in [2.45, 2.75) is 36.3 Å². The maximum atomic E-state index is 12.5. The van der Waals surface area contributed by atoms with Gasteiger partial charge in [0.15, 0.2) is 16.7 Å². The summed E-state index contributed by atoms with van der Waals surface area (Å²) >= 11 is 6.49. The molecule has 5 atom stereocenters. The SMILES string of the molecule is C[C@H](O)[C@H]1O[C@@H](n2cnc3cnc(N)nc32)C(Cl)(C#CCF)[C@H]1O. The predicted molar refractivity (Wildman–Crippen MR) is 83.7 cm³/mol. The first-order valence-electron chi connectivity index (χ1n) is 7.10. The molecule has 0 aromatic carbocycles. The van der Waals surface area contributed by atoms with Crippen LogP contribution in [0.5, 0.6) is 0 Å². The van der Waals surface area contributed by atoms with E-state index in [1.165, 1.54) is 24.0 Å². The van der Waals surface area contributed by atoms with Crippen LogP contribution >= 0.6 is 11.6 Å². The molecule has 0 bridgehead atoms. The van der Waals surface area contributed by atoms with E-state index >= 15 is 0 Å². The highest BCUT2D eigenvalue weighted by Gasteiger charge is 2.57. The maximum absolute atomic E-state index is 12.5. The van der Waals surface area contributed by atoms with Gasteiger partial charge in [-0.05, 0) is 6.92 Å². The summed E-state index contributed by atoms with van der Waals surface area (Å²) in [6.07, 6.45) is -1.65. The van der Waals surface area contributed by atoms with Crippen LogP contribution in [0.25, 0.3) is 11.2 Å². The van der Waals surface area contributed by atoms with Gasteiger partial charge in [-0.15, -0.1) is 0 Å². The third-order valence-corrected chi connectivity index (χ3v) is 4.30. The average Bonchev–Trinajstić information content (AvgIpc) is 3.05. The molecule has 0 radical (unpaired) electrons. The van der Waals surface area contributed by atoms with Gasteiger partial charge in [-0.2, -0.15) is 4.98 Å². The molecule has 3 rings (SSSR count). The van der Waals surface area contributed by atoms with Crippen LogP contribution < -0.4 is 5.73 Å². The van der Waals surface area contributed by atoms with Crippen molar-refractivity contribution in [3.8, 4) is 11.8 Å². The smallest absolute Gasteiger partial charge is 0.222 e. The summed E-state index contributed by atoms with van der Waals surface area (Å²) in [7, 11) is 0. The number of alkyl halides is 2. The van der Waals surface area contributed by atoms with Crippen molar-refractivity contribution in [1.82, 2.24) is 19.5 Å². The van der Waals surface area contributed by atoms with Crippen molar-refractivity contribution in [3.05, 3.63) is 12.5 Å². The number of anilines is 1. The van der Waals surface area contributed by atoms with E-state index in [0.717, 1.165) is 0 Å². The molecule has 4 N–H and O–H groups in total. The molecule has 0 aliphatic carbocycles. The minimum atomic E-state index is -1.69. The monoisotopic (exact) mass is 355 g/mol. The first-order valence-corrected chi connectivity index (χ1v) is 7.48. The number of ether oxygens (including phenoxy) is 1. The van der Waals surface area contributed by atoms with Crippen molar-refractivity contribution in [2.24, 2.45) is 0 Å². The minimum absolute atomic E-state index is 0.0184. The lowest BCUT2D eigenvalue weighted by atomic mass is 9.96. The van der Waals surface area contributed by atoms with Gasteiger partial charge in [0.1, 0.15) is 24.4 Å². The van der Waals surface area contributed by atoms with E-state index in [4.69, 9.17) is 22.1 Å². The zero-order chi connectivity index (χ0) is 17.5. The van der Waals surface area contributed by atoms with Crippen molar-refractivity contribution in [3.63, 3.8) is 0 Å². The van der Waals surface area contributed by atoms with E-state index in [9.17, 15) is 14.6 Å². The normalized spacial score (nSPS) is 31.0. The van der Waals surface area contributed by atoms with Gasteiger partial charge in [0.2, 0.25) is 5.95 Å². The zero-order valence-electron chi connectivity index (χ0n) is 12.6. The molecule has 10 heteroatoms. The van der Waals surface area contributed by atoms with E-state index in [1.54, 1.807) is 0 Å². The van der Waals surface area contributed by atoms with E-state index < -0.39 is 36.1 Å². The van der Waals surface area contributed by atoms with Gasteiger partial charge in [0.25, 0.3) is 0 Å². The number of nitrogens with zero attached hydrogens (tertiary/aromatic N) is 4. The van der Waals surface area contributed by atoms with Crippen LogP contribution in [0.1, 0.15) is 13.2 Å². The van der Waals surface area contributed by atoms with Crippen LogP contribution in [0.3, 0.4) is 0 Å². The molecule has 1 fully saturated rings. The lowest BCUT2D eigenvalue weighted by Crippen LogP contribution is -2.43. The molecule has 2 aromatic heterocycles. The maximum Gasteiger partial charge on any atom is 0.222 e. The van der Waals surface area contributed by atoms with Gasteiger partial charge in [-0.25, -0.2) is 14.4 Å². The summed E-state index contributed by atoms with van der Waals surface area (Å²) in [4.78, 5) is 10.4. The highest BCUT2D eigenvalue weighted by atomic mass is 35.5. The van der Waals surface area contributed by atoms with Gasteiger partial charge >= 0.3 is 0 Å². The fourth-order valence-electron chi connectivity index (χ4n) is 2.67. The van der Waals surface area contributed by atoms with Gasteiger partial charge in [-0.3, -0.25) is 4.57 Å². The fourth-order valence-corrected chi connectivity index (χ4v) is 3.02. The summed E-state index contributed by atoms with van der Waals surface area (Å²) in [6.45, 7) is 0.509. The van der Waals surface area contributed by atoms with Gasteiger partial charge in [0.05, 0.1) is 18.6 Å². The van der Waals surface area contributed by atoms with Gasteiger partial charge in [-0.1, -0.05) is 23.4 Å². The van der Waals surface area contributed by atoms with Crippen LogP contribution in [-0.2, 0) is 4.74 Å². The van der Waals surface area contributed by atoms with Crippen LogP contribution in [0.15, 0.2) is 12.5 Å². The molecule has 24 heavy (non-hydrogen) atoms. The number of nitrogens with two attached hydrogens (primary N) is 1. The number of hydrogen-bond acceptors (Lipinski definition) is 7. The third-order valence-electron chi connectivity index (χ3n) is 3.80. The van der Waals surface area contributed by atoms with Crippen molar-refractivity contribution < 1.29 is 19.3 Å². The largest absolute Gasteiger partial charge is 0.391 e. The Balaban J connectivity index is 2.13. The molecule has 1 saturated heterocycles. The second-order valence-corrected chi connectivity index (χ2v) is 6.06. The molecule has 3 heterocycles.